The molecule has 1 aromatic carbocycles. The summed E-state index contributed by atoms with van der Waals surface area (Å²) in [6, 6.07) is 9.23. The highest BCUT2D eigenvalue weighted by Gasteiger charge is 1.99. The fraction of sp³-hybridized carbons (Fsp3) is 0.273. The van der Waals surface area contributed by atoms with Crippen LogP contribution in [0.25, 0.3) is 0 Å². The van der Waals surface area contributed by atoms with Crippen LogP contribution in [0, 0.1) is 11.8 Å². The average Bonchev–Trinajstić information content (AvgIpc) is 2.19. The van der Waals surface area contributed by atoms with Crippen LogP contribution in [0.2, 0.25) is 0 Å². The molecule has 0 aliphatic carbocycles. The molecule has 0 saturated carbocycles. The Balaban J connectivity index is 2.60. The summed E-state index contributed by atoms with van der Waals surface area (Å²) in [6.45, 7) is 0.0362. The molecule has 1 unspecified atom stereocenters. The van der Waals surface area contributed by atoms with Gasteiger partial charge in [-0.3, -0.25) is 0 Å². The zero-order chi connectivity index (χ0) is 9.52. The molecular weight excluding hydrogens is 164 g/mol. The van der Waals surface area contributed by atoms with Crippen molar-refractivity contribution in [3.8, 4) is 11.8 Å². The molecule has 0 radical (unpaired) electrons. The van der Waals surface area contributed by atoms with Crippen molar-refractivity contribution in [2.75, 3.05) is 6.61 Å². The zero-order valence-electron chi connectivity index (χ0n) is 7.27. The molecular formula is C11H12O2. The van der Waals surface area contributed by atoms with Crippen LogP contribution in [-0.4, -0.2) is 16.8 Å². The van der Waals surface area contributed by atoms with Crippen LogP contribution >= 0.6 is 0 Å². The highest BCUT2D eigenvalue weighted by Crippen LogP contribution is 2.09. The highest BCUT2D eigenvalue weighted by molar-refractivity contribution is 5.24. The van der Waals surface area contributed by atoms with Gasteiger partial charge in [-0.05, 0) is 5.56 Å². The van der Waals surface area contributed by atoms with Gasteiger partial charge in [-0.1, -0.05) is 42.2 Å². The Hall–Kier alpha value is -1.30. The van der Waals surface area contributed by atoms with Crippen molar-refractivity contribution in [2.24, 2.45) is 0 Å². The van der Waals surface area contributed by atoms with Crippen LogP contribution in [0.4, 0.5) is 0 Å². The van der Waals surface area contributed by atoms with Gasteiger partial charge in [0.1, 0.15) is 6.10 Å². The van der Waals surface area contributed by atoms with E-state index in [9.17, 15) is 5.11 Å². The molecule has 1 aromatic rings. The van der Waals surface area contributed by atoms with Crippen LogP contribution in [0.15, 0.2) is 30.3 Å². The van der Waals surface area contributed by atoms with E-state index in [1.165, 1.54) is 0 Å². The Bertz CT molecular complexity index is 295. The molecule has 0 amide bonds. The molecule has 2 nitrogen and oxygen atoms in total. The lowest BCUT2D eigenvalue weighted by Crippen LogP contribution is -1.92. The summed E-state index contributed by atoms with van der Waals surface area (Å²) < 4.78 is 0. The van der Waals surface area contributed by atoms with Gasteiger partial charge in [0, 0.05) is 6.42 Å². The smallest absolute Gasteiger partial charge is 0.140 e. The van der Waals surface area contributed by atoms with Gasteiger partial charge in [0.15, 0.2) is 0 Å². The van der Waals surface area contributed by atoms with E-state index in [-0.39, 0.29) is 6.61 Å². The molecule has 0 aliphatic heterocycles. The summed E-state index contributed by atoms with van der Waals surface area (Å²) >= 11 is 0. The second kappa shape index (κ2) is 5.36. The summed E-state index contributed by atoms with van der Waals surface area (Å²) in [5, 5.41) is 18.0. The van der Waals surface area contributed by atoms with Crippen molar-refractivity contribution in [3.63, 3.8) is 0 Å². The van der Waals surface area contributed by atoms with E-state index in [2.05, 4.69) is 11.8 Å². The number of aliphatic hydroxyl groups excluding tert-OH is 2. The molecule has 1 rings (SSSR count). The van der Waals surface area contributed by atoms with Crippen molar-refractivity contribution in [2.45, 2.75) is 12.5 Å². The van der Waals surface area contributed by atoms with Crippen molar-refractivity contribution < 1.29 is 10.2 Å². The Kier molecular flexibility index (Phi) is 4.04. The van der Waals surface area contributed by atoms with Crippen molar-refractivity contribution in [1.29, 1.82) is 0 Å². The minimum absolute atomic E-state index is 0.0362. The number of benzene rings is 1. The molecule has 0 aromatic heterocycles. The van der Waals surface area contributed by atoms with E-state index in [1.54, 1.807) is 0 Å². The zero-order valence-corrected chi connectivity index (χ0v) is 7.27. The van der Waals surface area contributed by atoms with E-state index in [1.807, 2.05) is 30.3 Å². The topological polar surface area (TPSA) is 40.5 Å². The quantitative estimate of drug-likeness (QED) is 0.662. The summed E-state index contributed by atoms with van der Waals surface area (Å²) in [7, 11) is 0. The minimum atomic E-state index is -0.743. The SMILES string of the molecule is OCCC#CC(O)c1ccccc1. The molecule has 0 bridgehead atoms. The second-order valence-corrected chi connectivity index (χ2v) is 2.61. The first-order valence-corrected chi connectivity index (χ1v) is 4.17. The van der Waals surface area contributed by atoms with Crippen molar-refractivity contribution in [3.05, 3.63) is 35.9 Å². The number of hydrogen-bond acceptors (Lipinski definition) is 2. The molecule has 0 heterocycles. The minimum Gasteiger partial charge on any atom is -0.395 e. The van der Waals surface area contributed by atoms with Gasteiger partial charge in [0.2, 0.25) is 0 Å². The fourth-order valence-corrected chi connectivity index (χ4v) is 0.943. The summed E-state index contributed by atoms with van der Waals surface area (Å²) in [5.74, 6) is 5.33. The Morgan fingerprint density at radius 1 is 1.23 bits per heavy atom. The molecule has 0 saturated heterocycles. The van der Waals surface area contributed by atoms with Gasteiger partial charge in [0.05, 0.1) is 6.61 Å². The van der Waals surface area contributed by atoms with Crippen LogP contribution in [0.5, 0.6) is 0 Å². The third-order valence-electron chi connectivity index (χ3n) is 1.59. The van der Waals surface area contributed by atoms with E-state index in [4.69, 9.17) is 5.11 Å². The van der Waals surface area contributed by atoms with Crippen LogP contribution < -0.4 is 0 Å². The van der Waals surface area contributed by atoms with Gasteiger partial charge in [-0.2, -0.15) is 0 Å². The van der Waals surface area contributed by atoms with Crippen LogP contribution in [0.3, 0.4) is 0 Å². The normalized spacial score (nSPS) is 11.5. The first-order chi connectivity index (χ1) is 6.34. The summed E-state index contributed by atoms with van der Waals surface area (Å²) in [5.41, 5.74) is 0.785. The Morgan fingerprint density at radius 3 is 2.54 bits per heavy atom. The maximum absolute atomic E-state index is 9.49. The first-order valence-electron chi connectivity index (χ1n) is 4.17. The summed E-state index contributed by atoms with van der Waals surface area (Å²) in [6.07, 6.45) is -0.336. The van der Waals surface area contributed by atoms with Crippen molar-refractivity contribution in [1.82, 2.24) is 0 Å². The van der Waals surface area contributed by atoms with Gasteiger partial charge in [-0.15, -0.1) is 0 Å². The van der Waals surface area contributed by atoms with Gasteiger partial charge in [0.25, 0.3) is 0 Å². The van der Waals surface area contributed by atoms with Crippen molar-refractivity contribution >= 4 is 0 Å². The lowest BCUT2D eigenvalue weighted by atomic mass is 10.1. The van der Waals surface area contributed by atoms with Gasteiger partial charge in [-0.25, -0.2) is 0 Å². The van der Waals surface area contributed by atoms with Gasteiger partial charge >= 0.3 is 0 Å². The number of aliphatic hydroxyl groups is 2. The molecule has 0 fully saturated rings. The fourth-order valence-electron chi connectivity index (χ4n) is 0.943. The van der Waals surface area contributed by atoms with Crippen LogP contribution in [0.1, 0.15) is 18.1 Å². The van der Waals surface area contributed by atoms with Crippen LogP contribution in [-0.2, 0) is 0 Å². The second-order valence-electron chi connectivity index (χ2n) is 2.61. The first kappa shape index (κ1) is 9.79. The monoisotopic (exact) mass is 176 g/mol. The number of hydrogen-bond donors (Lipinski definition) is 2. The Labute approximate surface area is 77.8 Å². The molecule has 2 heteroatoms. The predicted molar refractivity (Wildman–Crippen MR) is 50.9 cm³/mol. The molecule has 13 heavy (non-hydrogen) atoms. The van der Waals surface area contributed by atoms with E-state index >= 15 is 0 Å². The molecule has 2 N–H and O–H groups in total. The maximum Gasteiger partial charge on any atom is 0.140 e. The highest BCUT2D eigenvalue weighted by atomic mass is 16.3. The largest absolute Gasteiger partial charge is 0.395 e. The lowest BCUT2D eigenvalue weighted by molar-refractivity contribution is 0.238. The summed E-state index contributed by atoms with van der Waals surface area (Å²) in [4.78, 5) is 0. The Morgan fingerprint density at radius 2 is 1.92 bits per heavy atom. The molecule has 0 spiro atoms. The maximum atomic E-state index is 9.49. The third-order valence-corrected chi connectivity index (χ3v) is 1.59. The lowest BCUT2D eigenvalue weighted by Gasteiger charge is -2.01. The number of rotatable bonds is 2. The van der Waals surface area contributed by atoms with Gasteiger partial charge < -0.3 is 10.2 Å². The molecule has 1 atom stereocenters. The molecule has 0 aliphatic rings. The third kappa shape index (κ3) is 3.29. The van der Waals surface area contributed by atoms with E-state index in [0.717, 1.165) is 5.56 Å². The standard InChI is InChI=1S/C11H12O2/c12-9-5-4-8-11(13)10-6-2-1-3-7-10/h1-3,6-7,11-13H,5,9H2. The van der Waals surface area contributed by atoms with E-state index < -0.39 is 6.10 Å². The van der Waals surface area contributed by atoms with E-state index in [0.29, 0.717) is 6.42 Å². The average molecular weight is 176 g/mol. The predicted octanol–water partition coefficient (Wildman–Crippen LogP) is 1.11. The molecule has 68 valence electrons.